The topological polar surface area (TPSA) is 75.7 Å². The van der Waals surface area contributed by atoms with Crippen molar-refractivity contribution in [2.75, 3.05) is 19.0 Å². The third-order valence-electron chi connectivity index (χ3n) is 7.95. The van der Waals surface area contributed by atoms with Crippen molar-refractivity contribution >= 4 is 34.8 Å². The maximum atomic E-state index is 13.8. The number of hydrogen-bond acceptors (Lipinski definition) is 5. The van der Waals surface area contributed by atoms with Gasteiger partial charge in [0.05, 0.1) is 0 Å². The summed E-state index contributed by atoms with van der Waals surface area (Å²) in [4.78, 5) is 42.3. The first-order chi connectivity index (χ1) is 18.7. The van der Waals surface area contributed by atoms with Gasteiger partial charge >= 0.3 is 0 Å². The Morgan fingerprint density at radius 3 is 2.05 bits per heavy atom. The molecular weight excluding hydrogens is 531 g/mol. The fourth-order valence-electron chi connectivity index (χ4n) is 6.23. The highest BCUT2D eigenvalue weighted by molar-refractivity contribution is 6.30. The number of rotatable bonds is 5. The smallest absolute Gasteiger partial charge is 0.262 e. The third kappa shape index (κ3) is 5.44. The molecule has 8 heteroatoms. The number of carbonyl (C=O) groups is 3. The van der Waals surface area contributed by atoms with Crippen molar-refractivity contribution in [1.29, 1.82) is 0 Å². The SMILES string of the molecule is CN1C2=C(C(=O)CC(C)(C)C2)C(c2cc(Cl)ccc2OCC(=O)Nc2ccc(F)cc2)C2=C1CC(C)(C)CC2=O. The van der Waals surface area contributed by atoms with E-state index in [1.807, 2.05) is 7.05 Å². The number of allylic oxidation sites excluding steroid dienone is 4. The van der Waals surface area contributed by atoms with Crippen LogP contribution in [0.5, 0.6) is 5.75 Å². The molecule has 0 saturated heterocycles. The van der Waals surface area contributed by atoms with Crippen LogP contribution in [0.15, 0.2) is 65.0 Å². The zero-order chi connectivity index (χ0) is 29.0. The summed E-state index contributed by atoms with van der Waals surface area (Å²) in [6.07, 6.45) is 2.14. The summed E-state index contributed by atoms with van der Waals surface area (Å²) in [6, 6.07) is 10.5. The van der Waals surface area contributed by atoms with Crippen LogP contribution in [0.25, 0.3) is 0 Å². The van der Waals surface area contributed by atoms with Crippen molar-refractivity contribution in [2.24, 2.45) is 10.8 Å². The summed E-state index contributed by atoms with van der Waals surface area (Å²) in [5, 5.41) is 3.13. The largest absolute Gasteiger partial charge is 0.483 e. The van der Waals surface area contributed by atoms with E-state index in [2.05, 4.69) is 37.9 Å². The highest BCUT2D eigenvalue weighted by atomic mass is 35.5. The predicted molar refractivity (Wildman–Crippen MR) is 153 cm³/mol. The molecule has 0 aromatic heterocycles. The Kier molecular flexibility index (Phi) is 7.15. The zero-order valence-electron chi connectivity index (χ0n) is 23.5. The maximum Gasteiger partial charge on any atom is 0.262 e. The Bertz CT molecular complexity index is 1420. The molecule has 0 spiro atoms. The van der Waals surface area contributed by atoms with Crippen LogP contribution in [-0.4, -0.2) is 36.0 Å². The van der Waals surface area contributed by atoms with E-state index in [0.29, 0.717) is 58.9 Å². The van der Waals surface area contributed by atoms with E-state index < -0.39 is 17.6 Å². The number of benzene rings is 2. The van der Waals surface area contributed by atoms with Gasteiger partial charge in [0.25, 0.3) is 5.91 Å². The Morgan fingerprint density at radius 2 is 1.50 bits per heavy atom. The Labute approximate surface area is 239 Å². The van der Waals surface area contributed by atoms with Gasteiger partial charge in [0.1, 0.15) is 11.6 Å². The summed E-state index contributed by atoms with van der Waals surface area (Å²) >= 11 is 6.48. The first-order valence-electron chi connectivity index (χ1n) is 13.5. The minimum atomic E-state index is -0.637. The first-order valence-corrected chi connectivity index (χ1v) is 13.9. The molecule has 40 heavy (non-hydrogen) atoms. The van der Waals surface area contributed by atoms with Gasteiger partial charge in [0.15, 0.2) is 18.2 Å². The summed E-state index contributed by atoms with van der Waals surface area (Å²) in [7, 11) is 1.96. The van der Waals surface area contributed by atoms with Gasteiger partial charge in [0.2, 0.25) is 0 Å². The monoisotopic (exact) mass is 564 g/mol. The normalized spacial score (nSPS) is 20.3. The lowest BCUT2D eigenvalue weighted by atomic mass is 9.63. The van der Waals surface area contributed by atoms with Crippen LogP contribution in [0.3, 0.4) is 0 Å². The molecule has 0 unspecified atom stereocenters. The average molecular weight is 565 g/mol. The summed E-state index contributed by atoms with van der Waals surface area (Å²) in [5.74, 6) is -1.08. The van der Waals surface area contributed by atoms with Crippen LogP contribution in [0.4, 0.5) is 10.1 Å². The molecule has 2 aromatic rings. The van der Waals surface area contributed by atoms with Gasteiger partial charge < -0.3 is 15.0 Å². The Balaban J connectivity index is 1.56. The summed E-state index contributed by atoms with van der Waals surface area (Å²) in [5.41, 5.74) is 3.67. The van der Waals surface area contributed by atoms with Gasteiger partial charge in [-0.1, -0.05) is 39.3 Å². The van der Waals surface area contributed by atoms with Crippen LogP contribution in [0, 0.1) is 16.6 Å². The van der Waals surface area contributed by atoms with Crippen molar-refractivity contribution in [3.05, 3.63) is 81.4 Å². The minimum absolute atomic E-state index is 0.00672. The zero-order valence-corrected chi connectivity index (χ0v) is 24.2. The Hall–Kier alpha value is -3.45. The number of amides is 1. The molecule has 0 fully saturated rings. The van der Waals surface area contributed by atoms with Gasteiger partial charge in [0, 0.05) is 64.6 Å². The fraction of sp³-hybridized carbons (Fsp3) is 0.406. The van der Waals surface area contributed by atoms with Crippen LogP contribution < -0.4 is 10.1 Å². The number of anilines is 1. The fourth-order valence-corrected chi connectivity index (χ4v) is 6.41. The molecular formula is C32H34ClFN2O4. The lowest BCUT2D eigenvalue weighted by molar-refractivity contribution is -0.120. The van der Waals surface area contributed by atoms with Crippen molar-refractivity contribution in [3.63, 3.8) is 0 Å². The number of ether oxygens (including phenoxy) is 1. The molecule has 1 heterocycles. The van der Waals surface area contributed by atoms with Crippen molar-refractivity contribution in [2.45, 2.75) is 59.3 Å². The van der Waals surface area contributed by atoms with Crippen LogP contribution in [0.1, 0.15) is 64.9 Å². The van der Waals surface area contributed by atoms with E-state index in [1.54, 1.807) is 18.2 Å². The van der Waals surface area contributed by atoms with Crippen LogP contribution in [0.2, 0.25) is 5.02 Å². The number of ketones is 2. The standard InChI is InChI=1S/C32H34ClFN2O4/c1-31(2)13-22-29(24(37)15-31)28(30-23(36(22)5)14-32(3,4)16-25(30)38)21-12-18(33)6-11-26(21)40-17-27(39)35-20-9-7-19(34)8-10-20/h6-12,28H,13-17H2,1-5H3,(H,35,39). The molecule has 1 aliphatic heterocycles. The number of hydrogen-bond donors (Lipinski definition) is 1. The number of carbonyl (C=O) groups excluding carboxylic acids is 3. The number of Topliss-reactive ketones (excluding diaryl/α,β-unsaturated/α-hetero) is 2. The highest BCUT2D eigenvalue weighted by Crippen LogP contribution is 2.55. The van der Waals surface area contributed by atoms with E-state index in [4.69, 9.17) is 16.3 Å². The molecule has 3 aliphatic rings. The van der Waals surface area contributed by atoms with E-state index in [0.717, 1.165) is 11.4 Å². The predicted octanol–water partition coefficient (Wildman–Crippen LogP) is 6.81. The molecule has 1 N–H and O–H groups in total. The van der Waals surface area contributed by atoms with E-state index >= 15 is 0 Å². The lowest BCUT2D eigenvalue weighted by Gasteiger charge is -2.48. The maximum absolute atomic E-state index is 13.8. The van der Waals surface area contributed by atoms with Gasteiger partial charge in [-0.3, -0.25) is 14.4 Å². The highest BCUT2D eigenvalue weighted by Gasteiger charge is 2.48. The minimum Gasteiger partial charge on any atom is -0.483 e. The van der Waals surface area contributed by atoms with E-state index in [1.165, 1.54) is 24.3 Å². The lowest BCUT2D eigenvalue weighted by Crippen LogP contribution is -2.43. The summed E-state index contributed by atoms with van der Waals surface area (Å²) in [6.45, 7) is 8.03. The van der Waals surface area contributed by atoms with Crippen molar-refractivity contribution in [3.8, 4) is 5.75 Å². The van der Waals surface area contributed by atoms with E-state index in [-0.39, 0.29) is 29.0 Å². The molecule has 0 saturated carbocycles. The molecule has 6 nitrogen and oxygen atoms in total. The first kappa shape index (κ1) is 28.1. The van der Waals surface area contributed by atoms with Gasteiger partial charge in [-0.05, 0) is 66.1 Å². The number of nitrogens with zero attached hydrogens (tertiary/aromatic N) is 1. The molecule has 0 radical (unpaired) electrons. The molecule has 0 atom stereocenters. The quantitative estimate of drug-likeness (QED) is 0.431. The van der Waals surface area contributed by atoms with Crippen molar-refractivity contribution in [1.82, 2.24) is 4.90 Å². The second-order valence-corrected chi connectivity index (χ2v) is 13.1. The van der Waals surface area contributed by atoms with Gasteiger partial charge in [-0.25, -0.2) is 4.39 Å². The number of nitrogens with one attached hydrogen (secondary N) is 1. The molecule has 210 valence electrons. The second kappa shape index (κ2) is 10.2. The third-order valence-corrected chi connectivity index (χ3v) is 8.18. The average Bonchev–Trinajstić information content (AvgIpc) is 2.85. The second-order valence-electron chi connectivity index (χ2n) is 12.6. The molecule has 2 aliphatic carbocycles. The molecule has 5 rings (SSSR count). The van der Waals surface area contributed by atoms with Gasteiger partial charge in [-0.2, -0.15) is 0 Å². The van der Waals surface area contributed by atoms with E-state index in [9.17, 15) is 18.8 Å². The van der Waals surface area contributed by atoms with Crippen molar-refractivity contribution < 1.29 is 23.5 Å². The Morgan fingerprint density at radius 1 is 0.950 bits per heavy atom. The molecule has 2 aromatic carbocycles. The van der Waals surface area contributed by atoms with Gasteiger partial charge in [-0.15, -0.1) is 0 Å². The summed E-state index contributed by atoms with van der Waals surface area (Å²) < 4.78 is 19.3. The van der Waals surface area contributed by atoms with Crippen LogP contribution >= 0.6 is 11.6 Å². The molecule has 0 bridgehead atoms. The van der Waals surface area contributed by atoms with Crippen LogP contribution in [-0.2, 0) is 14.4 Å². The number of halogens is 2. The molecule has 1 amide bonds.